The molecule has 0 bridgehead atoms. The van der Waals surface area contributed by atoms with E-state index in [-0.39, 0.29) is 22.4 Å². The monoisotopic (exact) mass is 542 g/mol. The van der Waals surface area contributed by atoms with E-state index in [1.54, 1.807) is 36.5 Å². The van der Waals surface area contributed by atoms with E-state index in [9.17, 15) is 8.42 Å². The molecule has 0 N–H and O–H groups in total. The predicted octanol–water partition coefficient (Wildman–Crippen LogP) is 3.88. The Morgan fingerprint density at radius 1 is 1.05 bits per heavy atom. The van der Waals surface area contributed by atoms with Gasteiger partial charge in [-0.25, -0.2) is 27.3 Å². The van der Waals surface area contributed by atoms with E-state index >= 15 is 0 Å². The number of rotatable bonds is 7. The van der Waals surface area contributed by atoms with Crippen molar-refractivity contribution in [3.8, 4) is 11.9 Å². The van der Waals surface area contributed by atoms with E-state index in [2.05, 4.69) is 32.1 Å². The minimum absolute atomic E-state index is 0.119. The van der Waals surface area contributed by atoms with Crippen molar-refractivity contribution >= 4 is 26.8 Å². The SMILES string of the molecule is CC[C@H]1CC(COc2cnc(C#N)cn2)C[C@H]1c1nnc2cnc3c(ccn3S(=O)(=O)c3ccc(C)cc3)n12. The van der Waals surface area contributed by atoms with Crippen LogP contribution in [-0.2, 0) is 10.0 Å². The number of nitrogens with zero attached hydrogens (tertiary/aromatic N) is 8. The van der Waals surface area contributed by atoms with Crippen molar-refractivity contribution in [3.05, 3.63) is 72.2 Å². The summed E-state index contributed by atoms with van der Waals surface area (Å²) < 4.78 is 35.9. The molecule has 39 heavy (non-hydrogen) atoms. The number of nitriles is 1. The van der Waals surface area contributed by atoms with E-state index < -0.39 is 10.0 Å². The molecule has 1 unspecified atom stereocenters. The molecule has 1 aliphatic carbocycles. The van der Waals surface area contributed by atoms with Gasteiger partial charge in [0.1, 0.15) is 11.9 Å². The fraction of sp³-hybridized carbons (Fsp3) is 0.333. The molecule has 0 saturated heterocycles. The van der Waals surface area contributed by atoms with Crippen LogP contribution in [0.3, 0.4) is 0 Å². The molecule has 0 radical (unpaired) electrons. The summed E-state index contributed by atoms with van der Waals surface area (Å²) in [6.45, 7) is 4.56. The van der Waals surface area contributed by atoms with Crippen molar-refractivity contribution in [1.82, 2.24) is 33.5 Å². The van der Waals surface area contributed by atoms with Crippen LogP contribution in [0.5, 0.6) is 5.88 Å². The molecule has 0 spiro atoms. The van der Waals surface area contributed by atoms with Gasteiger partial charge in [-0.2, -0.15) is 5.26 Å². The average Bonchev–Trinajstić information content (AvgIpc) is 3.68. The smallest absolute Gasteiger partial charge is 0.269 e. The lowest BCUT2D eigenvalue weighted by Gasteiger charge is -2.16. The van der Waals surface area contributed by atoms with Crippen LogP contribution in [0, 0.1) is 30.1 Å². The number of hydrogen-bond acceptors (Lipinski definition) is 9. The van der Waals surface area contributed by atoms with Gasteiger partial charge in [-0.3, -0.25) is 4.40 Å². The second kappa shape index (κ2) is 9.74. The standard InChI is InChI=1S/C27H26N8O3S/c1-3-19-10-18(16-38-25-15-29-20(12-28)13-30-25)11-22(19)26-33-32-24-14-31-27-23(35(24)26)8-9-34(27)39(36,37)21-6-4-17(2)5-7-21/h4-9,13-15,18-19,22H,3,10-11,16H2,1-2H3/t18?,19-,22+/m0/s1. The minimum atomic E-state index is -3.83. The Kier molecular flexibility index (Phi) is 6.23. The number of hydrogen-bond donors (Lipinski definition) is 0. The van der Waals surface area contributed by atoms with Gasteiger partial charge in [0.05, 0.1) is 35.6 Å². The zero-order valence-electron chi connectivity index (χ0n) is 21.5. The first-order valence-electron chi connectivity index (χ1n) is 12.8. The topological polar surface area (TPSA) is 141 Å². The Hall–Kier alpha value is -4.37. The largest absolute Gasteiger partial charge is 0.476 e. The fourth-order valence-corrected chi connectivity index (χ4v) is 6.80. The molecule has 1 aromatic carbocycles. The molecule has 198 valence electrons. The highest BCUT2D eigenvalue weighted by Crippen LogP contribution is 2.44. The Labute approximate surface area is 225 Å². The summed E-state index contributed by atoms with van der Waals surface area (Å²) in [5, 5.41) is 17.8. The summed E-state index contributed by atoms with van der Waals surface area (Å²) in [7, 11) is -3.83. The van der Waals surface area contributed by atoms with Gasteiger partial charge in [0.2, 0.25) is 5.88 Å². The molecule has 4 aromatic heterocycles. The number of fused-ring (bicyclic) bond motifs is 3. The van der Waals surface area contributed by atoms with Crippen LogP contribution in [0.1, 0.15) is 49.2 Å². The summed E-state index contributed by atoms with van der Waals surface area (Å²) in [6, 6.07) is 10.5. The first kappa shape index (κ1) is 24.9. The number of benzene rings is 1. The van der Waals surface area contributed by atoms with Gasteiger partial charge in [0.25, 0.3) is 10.0 Å². The van der Waals surface area contributed by atoms with E-state index in [0.717, 1.165) is 30.7 Å². The van der Waals surface area contributed by atoms with Gasteiger partial charge in [-0.05, 0) is 49.8 Å². The van der Waals surface area contributed by atoms with Crippen molar-refractivity contribution in [2.75, 3.05) is 6.61 Å². The molecule has 1 aliphatic rings. The highest BCUT2D eigenvalue weighted by atomic mass is 32.2. The Morgan fingerprint density at radius 2 is 1.87 bits per heavy atom. The summed E-state index contributed by atoms with van der Waals surface area (Å²) in [4.78, 5) is 12.8. The van der Waals surface area contributed by atoms with Gasteiger partial charge >= 0.3 is 0 Å². The van der Waals surface area contributed by atoms with Crippen molar-refractivity contribution in [1.29, 1.82) is 5.26 Å². The van der Waals surface area contributed by atoms with Crippen LogP contribution < -0.4 is 4.74 Å². The van der Waals surface area contributed by atoms with Crippen LogP contribution in [0.2, 0.25) is 0 Å². The molecule has 11 nitrogen and oxygen atoms in total. The Balaban J connectivity index is 1.31. The summed E-state index contributed by atoms with van der Waals surface area (Å²) in [5.74, 6) is 1.94. The summed E-state index contributed by atoms with van der Waals surface area (Å²) >= 11 is 0. The zero-order chi connectivity index (χ0) is 27.1. The first-order chi connectivity index (χ1) is 18.9. The maximum atomic E-state index is 13.4. The molecular weight excluding hydrogens is 516 g/mol. The lowest BCUT2D eigenvalue weighted by atomic mass is 9.93. The normalized spacial score (nSPS) is 19.5. The summed E-state index contributed by atoms with van der Waals surface area (Å²) in [5.41, 5.74) is 2.77. The third kappa shape index (κ3) is 4.38. The van der Waals surface area contributed by atoms with E-state index in [0.29, 0.717) is 35.2 Å². The van der Waals surface area contributed by atoms with Crippen LogP contribution in [0.25, 0.3) is 16.8 Å². The van der Waals surface area contributed by atoms with Crippen molar-refractivity contribution in [2.24, 2.45) is 11.8 Å². The Morgan fingerprint density at radius 3 is 2.59 bits per heavy atom. The fourth-order valence-electron chi connectivity index (χ4n) is 5.51. The lowest BCUT2D eigenvalue weighted by Crippen LogP contribution is -2.13. The molecule has 1 fully saturated rings. The maximum absolute atomic E-state index is 13.4. The van der Waals surface area contributed by atoms with Gasteiger partial charge in [-0.15, -0.1) is 10.2 Å². The average molecular weight is 543 g/mol. The van der Waals surface area contributed by atoms with Crippen molar-refractivity contribution < 1.29 is 13.2 Å². The van der Waals surface area contributed by atoms with Crippen molar-refractivity contribution in [3.63, 3.8) is 0 Å². The van der Waals surface area contributed by atoms with Crippen molar-refractivity contribution in [2.45, 2.75) is 43.9 Å². The summed E-state index contributed by atoms with van der Waals surface area (Å²) in [6.07, 6.45) is 8.73. The number of aromatic nitrogens is 7. The maximum Gasteiger partial charge on any atom is 0.269 e. The van der Waals surface area contributed by atoms with Crippen LogP contribution in [0.15, 0.2) is 60.0 Å². The molecule has 0 aliphatic heterocycles. The van der Waals surface area contributed by atoms with E-state index in [1.807, 2.05) is 17.4 Å². The van der Waals surface area contributed by atoms with Crippen LogP contribution in [0.4, 0.5) is 0 Å². The highest BCUT2D eigenvalue weighted by molar-refractivity contribution is 7.90. The third-order valence-electron chi connectivity index (χ3n) is 7.50. The molecule has 12 heteroatoms. The predicted molar refractivity (Wildman–Crippen MR) is 142 cm³/mol. The third-order valence-corrected chi connectivity index (χ3v) is 9.18. The van der Waals surface area contributed by atoms with E-state index in [4.69, 9.17) is 10.00 Å². The minimum Gasteiger partial charge on any atom is -0.476 e. The lowest BCUT2D eigenvalue weighted by molar-refractivity contribution is 0.238. The Bertz CT molecular complexity index is 1800. The second-order valence-corrected chi connectivity index (χ2v) is 11.7. The highest BCUT2D eigenvalue weighted by Gasteiger charge is 2.38. The second-order valence-electron chi connectivity index (χ2n) is 9.92. The quantitative estimate of drug-likeness (QED) is 0.299. The molecule has 3 atom stereocenters. The van der Waals surface area contributed by atoms with Crippen LogP contribution >= 0.6 is 0 Å². The van der Waals surface area contributed by atoms with Gasteiger partial charge in [0, 0.05) is 12.1 Å². The zero-order valence-corrected chi connectivity index (χ0v) is 22.3. The molecular formula is C27H26N8O3S. The molecule has 5 aromatic rings. The molecule has 6 rings (SSSR count). The van der Waals surface area contributed by atoms with Gasteiger partial charge in [-0.1, -0.05) is 31.0 Å². The first-order valence-corrected chi connectivity index (χ1v) is 14.2. The number of aryl methyl sites for hydroxylation is 1. The molecule has 4 heterocycles. The molecule has 0 amide bonds. The van der Waals surface area contributed by atoms with E-state index in [1.165, 1.54) is 22.6 Å². The van der Waals surface area contributed by atoms with Gasteiger partial charge in [0.15, 0.2) is 17.0 Å². The molecule has 1 saturated carbocycles. The van der Waals surface area contributed by atoms with Crippen LogP contribution in [-0.4, -0.2) is 48.5 Å². The number of ether oxygens (including phenoxy) is 1. The van der Waals surface area contributed by atoms with Gasteiger partial charge < -0.3 is 4.74 Å².